The summed E-state index contributed by atoms with van der Waals surface area (Å²) in [7, 11) is 1.98. The van der Waals surface area contributed by atoms with E-state index in [0.29, 0.717) is 12.1 Å². The fraction of sp³-hybridized carbons (Fsp3) is 0.324. The van der Waals surface area contributed by atoms with E-state index < -0.39 is 0 Å². The number of nitrogens with one attached hydrogen (secondary N) is 3. The first-order valence-corrected chi connectivity index (χ1v) is 14.9. The molecule has 2 aromatic carbocycles. The topological polar surface area (TPSA) is 94.7 Å². The Labute approximate surface area is 253 Å². The smallest absolute Gasteiger partial charge is 0.225 e. The van der Waals surface area contributed by atoms with Gasteiger partial charge in [0.2, 0.25) is 5.91 Å². The maximum Gasteiger partial charge on any atom is 0.225 e. The van der Waals surface area contributed by atoms with E-state index in [-0.39, 0.29) is 17.9 Å². The van der Waals surface area contributed by atoms with Gasteiger partial charge in [-0.05, 0) is 78.4 Å². The number of carbonyl (C=O) groups is 1. The van der Waals surface area contributed by atoms with Gasteiger partial charge in [-0.2, -0.15) is 0 Å². The van der Waals surface area contributed by atoms with E-state index in [1.807, 2.05) is 42.5 Å². The van der Waals surface area contributed by atoms with Gasteiger partial charge in [-0.25, -0.2) is 0 Å². The van der Waals surface area contributed by atoms with Gasteiger partial charge in [0, 0.05) is 51.4 Å². The molecule has 0 radical (unpaired) electrons. The number of fused-ring (bicyclic) bond motifs is 2. The standard InChI is InChI=1S/C34H39N7O2/c1-5-27-20-41(21-30-32(43-27)9-7-15-36-30)19-25-16-24(11-10-22(25)2)29(17-33(42)37-26-8-6-14-35-18-26)28-12-13-31-34(23(28)3)38-39-40(31)4/h6-16,18,27,29,38-39H,5,17,19-21H2,1-4H3,(H,37,42)/t27-,29-/m1/s1. The first kappa shape index (κ1) is 28.6. The molecular formula is C34H39N7O2. The summed E-state index contributed by atoms with van der Waals surface area (Å²) in [5, 5.41) is 5.00. The SMILES string of the molecule is CC[C@@H]1CN(Cc2cc([C@@H](CC(=O)Nc3cccnc3)c3ccc4c(c3C)NNN4C)ccc2C)Cc2ncccc2O1. The molecule has 9 nitrogen and oxygen atoms in total. The van der Waals surface area contributed by atoms with Crippen molar-refractivity contribution >= 4 is 23.0 Å². The average Bonchev–Trinajstić information content (AvgIpc) is 3.29. The van der Waals surface area contributed by atoms with Crippen LogP contribution in [0.1, 0.15) is 59.2 Å². The van der Waals surface area contributed by atoms with Gasteiger partial charge in [-0.15, -0.1) is 5.53 Å². The second kappa shape index (κ2) is 12.4. The highest BCUT2D eigenvalue weighted by molar-refractivity contribution is 5.91. The third-order valence-electron chi connectivity index (χ3n) is 8.51. The Morgan fingerprint density at radius 2 is 2.00 bits per heavy atom. The molecule has 43 heavy (non-hydrogen) atoms. The zero-order valence-corrected chi connectivity index (χ0v) is 25.2. The lowest BCUT2D eigenvalue weighted by Gasteiger charge is -2.26. The highest BCUT2D eigenvalue weighted by Crippen LogP contribution is 2.40. The number of amides is 1. The fourth-order valence-electron chi connectivity index (χ4n) is 6.05. The number of hydrazine groups is 2. The van der Waals surface area contributed by atoms with Gasteiger partial charge in [-0.3, -0.25) is 24.7 Å². The molecule has 0 saturated carbocycles. The molecule has 0 aliphatic carbocycles. The molecule has 0 spiro atoms. The van der Waals surface area contributed by atoms with Crippen LogP contribution >= 0.6 is 0 Å². The highest BCUT2D eigenvalue weighted by Gasteiger charge is 2.27. The van der Waals surface area contributed by atoms with E-state index in [0.717, 1.165) is 65.6 Å². The summed E-state index contributed by atoms with van der Waals surface area (Å²) in [5.41, 5.74) is 16.0. The van der Waals surface area contributed by atoms with Crippen molar-refractivity contribution in [3.05, 3.63) is 107 Å². The van der Waals surface area contributed by atoms with Crippen LogP contribution in [-0.4, -0.2) is 40.5 Å². The van der Waals surface area contributed by atoms with Crippen molar-refractivity contribution < 1.29 is 9.53 Å². The summed E-state index contributed by atoms with van der Waals surface area (Å²) in [5.74, 6) is 0.677. The predicted octanol–water partition coefficient (Wildman–Crippen LogP) is 5.71. The van der Waals surface area contributed by atoms with Crippen molar-refractivity contribution in [2.45, 2.75) is 58.7 Å². The maximum atomic E-state index is 13.5. The zero-order chi connectivity index (χ0) is 29.9. The van der Waals surface area contributed by atoms with Crippen LogP contribution in [0.2, 0.25) is 0 Å². The first-order chi connectivity index (χ1) is 20.9. The Bertz CT molecular complexity index is 1610. The monoisotopic (exact) mass is 577 g/mol. The number of carbonyl (C=O) groups excluding carboxylic acids is 1. The van der Waals surface area contributed by atoms with Gasteiger partial charge in [0.15, 0.2) is 0 Å². The molecule has 2 aromatic heterocycles. The molecule has 4 heterocycles. The van der Waals surface area contributed by atoms with Crippen LogP contribution in [0.3, 0.4) is 0 Å². The van der Waals surface area contributed by atoms with Crippen LogP contribution in [0.5, 0.6) is 5.75 Å². The molecule has 0 fully saturated rings. The predicted molar refractivity (Wildman–Crippen MR) is 170 cm³/mol. The fourth-order valence-corrected chi connectivity index (χ4v) is 6.05. The van der Waals surface area contributed by atoms with E-state index in [1.54, 1.807) is 12.4 Å². The van der Waals surface area contributed by atoms with Gasteiger partial charge in [-0.1, -0.05) is 31.2 Å². The van der Waals surface area contributed by atoms with Crippen LogP contribution in [0.25, 0.3) is 0 Å². The minimum absolute atomic E-state index is 0.0543. The number of benzene rings is 2. The quantitative estimate of drug-likeness (QED) is 0.245. The van der Waals surface area contributed by atoms with Crippen molar-refractivity contribution in [2.75, 3.05) is 29.3 Å². The number of ether oxygens (including phenoxy) is 1. The Morgan fingerprint density at radius 1 is 1.14 bits per heavy atom. The first-order valence-electron chi connectivity index (χ1n) is 14.9. The molecule has 2 aliphatic rings. The molecule has 6 rings (SSSR count). The number of aromatic nitrogens is 2. The number of anilines is 3. The summed E-state index contributed by atoms with van der Waals surface area (Å²) in [4.78, 5) is 24.7. The van der Waals surface area contributed by atoms with Gasteiger partial charge in [0.25, 0.3) is 0 Å². The summed E-state index contributed by atoms with van der Waals surface area (Å²) in [6, 6.07) is 18.5. The molecule has 1 amide bonds. The molecule has 0 bridgehead atoms. The Morgan fingerprint density at radius 3 is 2.81 bits per heavy atom. The lowest BCUT2D eigenvalue weighted by molar-refractivity contribution is -0.116. The molecule has 3 N–H and O–H groups in total. The van der Waals surface area contributed by atoms with E-state index in [2.05, 4.69) is 82.2 Å². The Kier molecular flexibility index (Phi) is 8.26. The van der Waals surface area contributed by atoms with E-state index in [1.165, 1.54) is 11.1 Å². The van der Waals surface area contributed by atoms with Crippen molar-refractivity contribution in [3.63, 3.8) is 0 Å². The number of rotatable bonds is 8. The molecule has 222 valence electrons. The van der Waals surface area contributed by atoms with Crippen molar-refractivity contribution in [1.29, 1.82) is 0 Å². The highest BCUT2D eigenvalue weighted by atomic mass is 16.5. The normalized spacial score (nSPS) is 16.8. The van der Waals surface area contributed by atoms with Gasteiger partial charge >= 0.3 is 0 Å². The third-order valence-corrected chi connectivity index (χ3v) is 8.51. The molecule has 4 aromatic rings. The third kappa shape index (κ3) is 6.18. The Balaban J connectivity index is 1.33. The van der Waals surface area contributed by atoms with Gasteiger partial charge < -0.3 is 15.5 Å². The summed E-state index contributed by atoms with van der Waals surface area (Å²) in [6.07, 6.45) is 6.53. The zero-order valence-electron chi connectivity index (χ0n) is 25.2. The van der Waals surface area contributed by atoms with E-state index in [4.69, 9.17) is 4.74 Å². The molecular weight excluding hydrogens is 538 g/mol. The minimum Gasteiger partial charge on any atom is -0.487 e. The summed E-state index contributed by atoms with van der Waals surface area (Å²) in [6.45, 7) is 8.76. The maximum absolute atomic E-state index is 13.5. The number of nitrogens with zero attached hydrogens (tertiary/aromatic N) is 4. The summed E-state index contributed by atoms with van der Waals surface area (Å²) >= 11 is 0. The molecule has 2 aliphatic heterocycles. The van der Waals surface area contributed by atoms with E-state index >= 15 is 0 Å². The second-order valence-corrected chi connectivity index (χ2v) is 11.5. The van der Waals surface area contributed by atoms with Crippen LogP contribution in [0, 0.1) is 13.8 Å². The summed E-state index contributed by atoms with van der Waals surface area (Å²) < 4.78 is 6.31. The van der Waals surface area contributed by atoms with Crippen molar-refractivity contribution in [1.82, 2.24) is 20.4 Å². The van der Waals surface area contributed by atoms with Gasteiger partial charge in [0.05, 0.1) is 29.0 Å². The van der Waals surface area contributed by atoms with E-state index in [9.17, 15) is 4.79 Å². The number of hydrogen-bond donors (Lipinski definition) is 3. The minimum atomic E-state index is -0.146. The Hall–Kier alpha value is -4.47. The van der Waals surface area contributed by atoms with Crippen molar-refractivity contribution in [3.8, 4) is 5.75 Å². The number of aryl methyl sites for hydroxylation is 1. The number of hydrogen-bond acceptors (Lipinski definition) is 8. The average molecular weight is 578 g/mol. The van der Waals surface area contributed by atoms with Gasteiger partial charge in [0.1, 0.15) is 11.9 Å². The van der Waals surface area contributed by atoms with Crippen LogP contribution < -0.4 is 26.0 Å². The molecule has 9 heteroatoms. The largest absolute Gasteiger partial charge is 0.487 e. The van der Waals surface area contributed by atoms with Crippen molar-refractivity contribution in [2.24, 2.45) is 0 Å². The lowest BCUT2D eigenvalue weighted by Crippen LogP contribution is -2.32. The molecule has 0 unspecified atom stereocenters. The molecule has 2 atom stereocenters. The molecule has 0 saturated heterocycles. The van der Waals surface area contributed by atoms with Crippen LogP contribution in [-0.2, 0) is 17.9 Å². The van der Waals surface area contributed by atoms with Crippen LogP contribution in [0.15, 0.2) is 73.2 Å². The number of pyridine rings is 2. The van der Waals surface area contributed by atoms with Crippen LogP contribution in [0.4, 0.5) is 17.1 Å². The lowest BCUT2D eigenvalue weighted by atomic mass is 9.83. The second-order valence-electron chi connectivity index (χ2n) is 11.5.